The first-order chi connectivity index (χ1) is 10.4. The lowest BCUT2D eigenvalue weighted by atomic mass is 10.1. The Labute approximate surface area is 134 Å². The number of hydrogen-bond donors (Lipinski definition) is 1. The molecule has 0 radical (unpaired) electrons. The standard InChI is InChI=1S/C13H17N3O4S2/c1-4-16(13(18)21-14-3)12(17)8-10-6-5-9(2)11(7-10)15-22(19)20/h5-7,14H,4,8H2,1-3H3. The number of imide groups is 1. The molecule has 0 heterocycles. The Morgan fingerprint density at radius 1 is 1.36 bits per heavy atom. The first-order valence-corrected chi connectivity index (χ1v) is 8.32. The third kappa shape index (κ3) is 5.24. The molecule has 2 amide bonds. The predicted octanol–water partition coefficient (Wildman–Crippen LogP) is 2.07. The van der Waals surface area contributed by atoms with Gasteiger partial charge in [-0.25, -0.2) is 0 Å². The van der Waals surface area contributed by atoms with E-state index >= 15 is 0 Å². The molecule has 0 saturated heterocycles. The minimum atomic E-state index is -2.55. The Hall–Kier alpha value is -1.71. The fourth-order valence-electron chi connectivity index (χ4n) is 1.76. The van der Waals surface area contributed by atoms with Crippen molar-refractivity contribution in [2.45, 2.75) is 20.3 Å². The molecule has 0 aromatic heterocycles. The molecule has 0 fully saturated rings. The molecule has 0 spiro atoms. The molecule has 0 atom stereocenters. The van der Waals surface area contributed by atoms with E-state index in [1.807, 2.05) is 0 Å². The summed E-state index contributed by atoms with van der Waals surface area (Å²) in [6, 6.07) is 4.94. The van der Waals surface area contributed by atoms with E-state index in [4.69, 9.17) is 0 Å². The molecule has 120 valence electrons. The summed E-state index contributed by atoms with van der Waals surface area (Å²) >= 11 is 0.833. The van der Waals surface area contributed by atoms with Crippen LogP contribution >= 0.6 is 11.9 Å². The lowest BCUT2D eigenvalue weighted by Gasteiger charge is -2.18. The second-order valence-corrected chi connectivity index (χ2v) is 5.89. The van der Waals surface area contributed by atoms with E-state index in [0.29, 0.717) is 11.1 Å². The molecule has 0 aliphatic carbocycles. The molecule has 1 aromatic rings. The van der Waals surface area contributed by atoms with Gasteiger partial charge in [0.25, 0.3) is 0 Å². The van der Waals surface area contributed by atoms with Gasteiger partial charge in [0.2, 0.25) is 5.91 Å². The average Bonchev–Trinajstić information content (AvgIpc) is 2.43. The van der Waals surface area contributed by atoms with Crippen molar-refractivity contribution in [1.82, 2.24) is 9.62 Å². The Kier molecular flexibility index (Phi) is 7.22. The topological polar surface area (TPSA) is 95.9 Å². The number of amides is 2. The highest BCUT2D eigenvalue weighted by atomic mass is 32.2. The van der Waals surface area contributed by atoms with Crippen molar-refractivity contribution in [3.05, 3.63) is 29.3 Å². The smallest absolute Gasteiger partial charge is 0.274 e. The van der Waals surface area contributed by atoms with Gasteiger partial charge in [0.05, 0.1) is 12.1 Å². The summed E-state index contributed by atoms with van der Waals surface area (Å²) in [5, 5.41) is -0.382. The van der Waals surface area contributed by atoms with Crippen LogP contribution in [-0.4, -0.2) is 38.1 Å². The van der Waals surface area contributed by atoms with Crippen LogP contribution in [0, 0.1) is 6.92 Å². The van der Waals surface area contributed by atoms with Gasteiger partial charge in [-0.3, -0.25) is 19.2 Å². The summed E-state index contributed by atoms with van der Waals surface area (Å²) in [6.45, 7) is 3.70. The zero-order valence-corrected chi connectivity index (χ0v) is 14.1. The number of carbonyl (C=O) groups excluding carboxylic acids is 2. The van der Waals surface area contributed by atoms with Crippen LogP contribution in [0.2, 0.25) is 0 Å². The number of hydrogen-bond acceptors (Lipinski definition) is 7. The predicted molar refractivity (Wildman–Crippen MR) is 85.3 cm³/mol. The lowest BCUT2D eigenvalue weighted by Crippen LogP contribution is -2.36. The molecule has 9 heteroatoms. The highest BCUT2D eigenvalue weighted by molar-refractivity contribution is 8.11. The SMILES string of the molecule is CCN(C(=O)Cc1ccc(C)c(N=S(=O)=O)c1)C(=O)SNC. The molecule has 0 aliphatic heterocycles. The van der Waals surface area contributed by atoms with Crippen LogP contribution < -0.4 is 4.72 Å². The monoisotopic (exact) mass is 343 g/mol. The van der Waals surface area contributed by atoms with Gasteiger partial charge in [-0.15, -0.1) is 4.36 Å². The van der Waals surface area contributed by atoms with Gasteiger partial charge >= 0.3 is 15.7 Å². The summed E-state index contributed by atoms with van der Waals surface area (Å²) in [5.41, 5.74) is 1.58. The number of rotatable bonds is 5. The Balaban J connectivity index is 2.96. The van der Waals surface area contributed by atoms with E-state index in [2.05, 4.69) is 9.08 Å². The maximum atomic E-state index is 12.2. The van der Waals surface area contributed by atoms with Gasteiger partial charge in [-0.1, -0.05) is 12.1 Å². The molecule has 0 aliphatic rings. The van der Waals surface area contributed by atoms with Crippen molar-refractivity contribution in [2.75, 3.05) is 13.6 Å². The number of aryl methyl sites for hydroxylation is 1. The molecule has 22 heavy (non-hydrogen) atoms. The van der Waals surface area contributed by atoms with Gasteiger partial charge in [0, 0.05) is 18.5 Å². The third-order valence-electron chi connectivity index (χ3n) is 2.83. The number of likely N-dealkylation sites (N-methyl/N-ethyl adjacent to an activating group) is 1. The highest BCUT2D eigenvalue weighted by Gasteiger charge is 2.20. The minimum absolute atomic E-state index is 0.00184. The normalized spacial score (nSPS) is 10.1. The van der Waals surface area contributed by atoms with E-state index < -0.39 is 10.5 Å². The minimum Gasteiger partial charge on any atom is -0.274 e. The molecule has 0 bridgehead atoms. The van der Waals surface area contributed by atoms with Crippen LogP contribution in [-0.2, 0) is 21.7 Å². The van der Waals surface area contributed by atoms with Gasteiger partial charge < -0.3 is 0 Å². The van der Waals surface area contributed by atoms with Gasteiger partial charge in [0.15, 0.2) is 0 Å². The van der Waals surface area contributed by atoms with Crippen LogP contribution in [0.5, 0.6) is 0 Å². The molecule has 1 N–H and O–H groups in total. The van der Waals surface area contributed by atoms with E-state index in [9.17, 15) is 18.0 Å². The number of nitrogens with zero attached hydrogens (tertiary/aromatic N) is 2. The van der Waals surface area contributed by atoms with Gasteiger partial charge in [-0.05, 0) is 38.1 Å². The van der Waals surface area contributed by atoms with Crippen molar-refractivity contribution in [1.29, 1.82) is 0 Å². The van der Waals surface area contributed by atoms with Crippen LogP contribution in [0.4, 0.5) is 10.5 Å². The van der Waals surface area contributed by atoms with Crippen molar-refractivity contribution < 1.29 is 18.0 Å². The Morgan fingerprint density at radius 3 is 2.59 bits per heavy atom. The Morgan fingerprint density at radius 2 is 2.05 bits per heavy atom. The van der Waals surface area contributed by atoms with Crippen LogP contribution in [0.15, 0.2) is 22.6 Å². The number of carbonyl (C=O) groups is 2. The van der Waals surface area contributed by atoms with Crippen molar-refractivity contribution in [3.8, 4) is 0 Å². The van der Waals surface area contributed by atoms with Gasteiger partial charge in [0.1, 0.15) is 0 Å². The summed E-state index contributed by atoms with van der Waals surface area (Å²) in [4.78, 5) is 25.1. The zero-order chi connectivity index (χ0) is 16.7. The molecule has 1 aromatic carbocycles. The summed E-state index contributed by atoms with van der Waals surface area (Å²) < 4.78 is 27.4. The largest absolute Gasteiger partial charge is 0.316 e. The van der Waals surface area contributed by atoms with E-state index in [1.54, 1.807) is 33.0 Å². The fourth-order valence-corrected chi connectivity index (χ4v) is 2.64. The summed E-state index contributed by atoms with van der Waals surface area (Å²) in [5.74, 6) is -0.353. The van der Waals surface area contributed by atoms with Crippen molar-refractivity contribution in [2.24, 2.45) is 4.36 Å². The first kappa shape index (κ1) is 18.3. The molecular weight excluding hydrogens is 326 g/mol. The van der Waals surface area contributed by atoms with E-state index in [0.717, 1.165) is 16.8 Å². The fraction of sp³-hybridized carbons (Fsp3) is 0.385. The second kappa shape index (κ2) is 8.66. The number of nitrogens with one attached hydrogen (secondary N) is 1. The van der Waals surface area contributed by atoms with Crippen molar-refractivity contribution >= 4 is 39.3 Å². The van der Waals surface area contributed by atoms with Gasteiger partial charge in [-0.2, -0.15) is 8.42 Å². The summed E-state index contributed by atoms with van der Waals surface area (Å²) in [7, 11) is -0.959. The quantitative estimate of drug-likeness (QED) is 0.822. The van der Waals surface area contributed by atoms with Crippen LogP contribution in [0.3, 0.4) is 0 Å². The second-order valence-electron chi connectivity index (χ2n) is 4.32. The average molecular weight is 343 g/mol. The third-order valence-corrected chi connectivity index (χ3v) is 3.77. The zero-order valence-electron chi connectivity index (χ0n) is 12.5. The van der Waals surface area contributed by atoms with Crippen LogP contribution in [0.1, 0.15) is 18.1 Å². The Bertz CT molecular complexity index is 693. The highest BCUT2D eigenvalue weighted by Crippen LogP contribution is 2.21. The van der Waals surface area contributed by atoms with Crippen molar-refractivity contribution in [3.63, 3.8) is 0 Å². The number of benzene rings is 1. The maximum Gasteiger partial charge on any atom is 0.316 e. The van der Waals surface area contributed by atoms with Crippen LogP contribution in [0.25, 0.3) is 0 Å². The molecule has 7 nitrogen and oxygen atoms in total. The summed E-state index contributed by atoms with van der Waals surface area (Å²) in [6.07, 6.45) is -0.00184. The molecule has 1 rings (SSSR count). The lowest BCUT2D eigenvalue weighted by molar-refractivity contribution is -0.126. The maximum absolute atomic E-state index is 12.2. The molecule has 0 unspecified atom stereocenters. The van der Waals surface area contributed by atoms with E-state index in [1.165, 1.54) is 6.07 Å². The van der Waals surface area contributed by atoms with E-state index in [-0.39, 0.29) is 29.8 Å². The molecule has 0 saturated carbocycles. The first-order valence-electron chi connectivity index (χ1n) is 6.47. The molecular formula is C13H17N3O4S2.